The summed E-state index contributed by atoms with van der Waals surface area (Å²) in [6, 6.07) is 15.8. The highest BCUT2D eigenvalue weighted by Gasteiger charge is 2.07. The third-order valence-corrected chi connectivity index (χ3v) is 2.78. The molecular weight excluding hydrogens is 252 g/mol. The molecule has 0 aliphatic heterocycles. The number of benzene rings is 2. The molecule has 102 valence electrons. The lowest BCUT2D eigenvalue weighted by atomic mass is 10.1. The van der Waals surface area contributed by atoms with Crippen molar-refractivity contribution in [2.75, 3.05) is 11.9 Å². The molecule has 2 aromatic rings. The number of amides is 2. The van der Waals surface area contributed by atoms with E-state index in [1.54, 1.807) is 36.4 Å². The van der Waals surface area contributed by atoms with Crippen LogP contribution < -0.4 is 10.6 Å². The molecule has 0 heterocycles. The van der Waals surface area contributed by atoms with Gasteiger partial charge in [0, 0.05) is 23.4 Å². The minimum atomic E-state index is -0.170. The Balaban J connectivity index is 2.04. The number of carbonyl (C=O) groups is 2. The van der Waals surface area contributed by atoms with Crippen LogP contribution >= 0.6 is 0 Å². The van der Waals surface area contributed by atoms with Gasteiger partial charge in [0.1, 0.15) is 0 Å². The van der Waals surface area contributed by atoms with Gasteiger partial charge in [0.2, 0.25) is 0 Å². The Morgan fingerprint density at radius 1 is 0.850 bits per heavy atom. The Bertz CT molecular complexity index is 592. The molecule has 0 fully saturated rings. The summed E-state index contributed by atoms with van der Waals surface area (Å²) in [5.74, 6) is -0.287. The molecule has 0 aromatic heterocycles. The molecule has 0 unspecified atom stereocenters. The zero-order valence-corrected chi connectivity index (χ0v) is 11.2. The van der Waals surface area contributed by atoms with Gasteiger partial charge in [0.25, 0.3) is 11.8 Å². The van der Waals surface area contributed by atoms with Gasteiger partial charge in [-0.2, -0.15) is 0 Å². The first kappa shape index (κ1) is 13.8. The lowest BCUT2D eigenvalue weighted by Gasteiger charge is -2.06. The van der Waals surface area contributed by atoms with E-state index in [9.17, 15) is 9.59 Å². The standard InChI is InChI=1S/C16H16N2O2/c1-2-17-15(19)13-8-10-14(11-9-13)18-16(20)12-6-4-3-5-7-12/h3-11H,2H2,1H3,(H,17,19)(H,18,20). The molecule has 2 rings (SSSR count). The third kappa shape index (κ3) is 3.45. The summed E-state index contributed by atoms with van der Waals surface area (Å²) in [5.41, 5.74) is 1.83. The molecule has 4 heteroatoms. The van der Waals surface area contributed by atoms with Crippen LogP contribution in [0.2, 0.25) is 0 Å². The number of carbonyl (C=O) groups excluding carboxylic acids is 2. The van der Waals surface area contributed by atoms with Crippen molar-refractivity contribution in [3.8, 4) is 0 Å². The van der Waals surface area contributed by atoms with Crippen LogP contribution in [-0.2, 0) is 0 Å². The largest absolute Gasteiger partial charge is 0.352 e. The van der Waals surface area contributed by atoms with Crippen molar-refractivity contribution in [3.05, 3.63) is 65.7 Å². The maximum atomic E-state index is 11.9. The van der Waals surface area contributed by atoms with Crippen molar-refractivity contribution in [1.82, 2.24) is 5.32 Å². The van der Waals surface area contributed by atoms with Crippen LogP contribution in [0.5, 0.6) is 0 Å². The molecule has 0 saturated heterocycles. The summed E-state index contributed by atoms with van der Waals surface area (Å²) in [6.07, 6.45) is 0. The first-order valence-electron chi connectivity index (χ1n) is 6.45. The predicted molar refractivity (Wildman–Crippen MR) is 78.8 cm³/mol. The normalized spacial score (nSPS) is 9.85. The quantitative estimate of drug-likeness (QED) is 0.895. The number of hydrogen-bond acceptors (Lipinski definition) is 2. The number of hydrogen-bond donors (Lipinski definition) is 2. The summed E-state index contributed by atoms with van der Waals surface area (Å²) < 4.78 is 0. The summed E-state index contributed by atoms with van der Waals surface area (Å²) in [6.45, 7) is 2.46. The van der Waals surface area contributed by atoms with E-state index in [0.29, 0.717) is 23.4 Å². The molecule has 2 amide bonds. The van der Waals surface area contributed by atoms with E-state index in [1.165, 1.54) is 0 Å². The fourth-order valence-corrected chi connectivity index (χ4v) is 1.76. The highest BCUT2D eigenvalue weighted by molar-refractivity contribution is 6.04. The Morgan fingerprint density at radius 3 is 2.05 bits per heavy atom. The maximum absolute atomic E-state index is 11.9. The lowest BCUT2D eigenvalue weighted by Crippen LogP contribution is -2.22. The average Bonchev–Trinajstić information content (AvgIpc) is 2.49. The van der Waals surface area contributed by atoms with Crippen molar-refractivity contribution < 1.29 is 9.59 Å². The zero-order chi connectivity index (χ0) is 14.4. The van der Waals surface area contributed by atoms with Gasteiger partial charge in [-0.15, -0.1) is 0 Å². The van der Waals surface area contributed by atoms with Crippen LogP contribution in [0.4, 0.5) is 5.69 Å². The van der Waals surface area contributed by atoms with Crippen LogP contribution in [0.15, 0.2) is 54.6 Å². The molecule has 0 bridgehead atoms. The SMILES string of the molecule is CCNC(=O)c1ccc(NC(=O)c2ccccc2)cc1. The van der Waals surface area contributed by atoms with Gasteiger partial charge in [-0.25, -0.2) is 0 Å². The summed E-state index contributed by atoms with van der Waals surface area (Å²) in [5, 5.41) is 5.51. The molecule has 20 heavy (non-hydrogen) atoms. The number of nitrogens with one attached hydrogen (secondary N) is 2. The maximum Gasteiger partial charge on any atom is 0.255 e. The highest BCUT2D eigenvalue weighted by Crippen LogP contribution is 2.11. The minimum absolute atomic E-state index is 0.117. The predicted octanol–water partition coefficient (Wildman–Crippen LogP) is 2.69. The Hall–Kier alpha value is -2.62. The monoisotopic (exact) mass is 268 g/mol. The first-order valence-corrected chi connectivity index (χ1v) is 6.45. The van der Waals surface area contributed by atoms with Gasteiger partial charge >= 0.3 is 0 Å². The first-order chi connectivity index (χ1) is 9.70. The van der Waals surface area contributed by atoms with Crippen molar-refractivity contribution in [3.63, 3.8) is 0 Å². The Morgan fingerprint density at radius 2 is 1.45 bits per heavy atom. The second-order valence-electron chi connectivity index (χ2n) is 4.26. The summed E-state index contributed by atoms with van der Waals surface area (Å²) in [4.78, 5) is 23.5. The Kier molecular flexibility index (Phi) is 4.50. The fourth-order valence-electron chi connectivity index (χ4n) is 1.76. The van der Waals surface area contributed by atoms with Gasteiger partial charge in [-0.05, 0) is 43.3 Å². The number of rotatable bonds is 4. The van der Waals surface area contributed by atoms with E-state index in [2.05, 4.69) is 10.6 Å². The number of anilines is 1. The van der Waals surface area contributed by atoms with Gasteiger partial charge in [-0.3, -0.25) is 9.59 Å². The molecule has 2 N–H and O–H groups in total. The topological polar surface area (TPSA) is 58.2 Å². The van der Waals surface area contributed by atoms with E-state index in [0.717, 1.165) is 0 Å². The van der Waals surface area contributed by atoms with Crippen molar-refractivity contribution in [2.45, 2.75) is 6.92 Å². The molecule has 0 radical (unpaired) electrons. The summed E-state index contributed by atoms with van der Waals surface area (Å²) in [7, 11) is 0. The summed E-state index contributed by atoms with van der Waals surface area (Å²) >= 11 is 0. The van der Waals surface area contributed by atoms with Crippen LogP contribution in [-0.4, -0.2) is 18.4 Å². The van der Waals surface area contributed by atoms with Gasteiger partial charge in [0.05, 0.1) is 0 Å². The Labute approximate surface area is 117 Å². The van der Waals surface area contributed by atoms with Crippen molar-refractivity contribution in [2.24, 2.45) is 0 Å². The van der Waals surface area contributed by atoms with Crippen LogP contribution in [0.3, 0.4) is 0 Å². The molecule has 2 aromatic carbocycles. The molecule has 0 spiro atoms. The smallest absolute Gasteiger partial charge is 0.255 e. The van der Waals surface area contributed by atoms with E-state index in [-0.39, 0.29) is 11.8 Å². The molecule has 0 aliphatic carbocycles. The van der Waals surface area contributed by atoms with E-state index < -0.39 is 0 Å². The van der Waals surface area contributed by atoms with Gasteiger partial charge in [-0.1, -0.05) is 18.2 Å². The molecule has 0 aliphatic rings. The van der Waals surface area contributed by atoms with E-state index >= 15 is 0 Å². The lowest BCUT2D eigenvalue weighted by molar-refractivity contribution is 0.0955. The zero-order valence-electron chi connectivity index (χ0n) is 11.2. The molecule has 0 saturated carbocycles. The second kappa shape index (κ2) is 6.52. The van der Waals surface area contributed by atoms with Gasteiger partial charge < -0.3 is 10.6 Å². The third-order valence-electron chi connectivity index (χ3n) is 2.78. The minimum Gasteiger partial charge on any atom is -0.352 e. The van der Waals surface area contributed by atoms with Crippen molar-refractivity contribution in [1.29, 1.82) is 0 Å². The van der Waals surface area contributed by atoms with E-state index in [1.807, 2.05) is 25.1 Å². The fraction of sp³-hybridized carbons (Fsp3) is 0.125. The highest BCUT2D eigenvalue weighted by atomic mass is 16.2. The molecule has 4 nitrogen and oxygen atoms in total. The van der Waals surface area contributed by atoms with Crippen LogP contribution in [0, 0.1) is 0 Å². The van der Waals surface area contributed by atoms with Crippen LogP contribution in [0.25, 0.3) is 0 Å². The van der Waals surface area contributed by atoms with Gasteiger partial charge in [0.15, 0.2) is 0 Å². The average molecular weight is 268 g/mol. The molecule has 0 atom stereocenters. The van der Waals surface area contributed by atoms with Crippen LogP contribution in [0.1, 0.15) is 27.6 Å². The second-order valence-corrected chi connectivity index (χ2v) is 4.26. The van der Waals surface area contributed by atoms with Crippen molar-refractivity contribution >= 4 is 17.5 Å². The van der Waals surface area contributed by atoms with E-state index in [4.69, 9.17) is 0 Å². The molecular formula is C16H16N2O2.